The first kappa shape index (κ1) is 26.1. The summed E-state index contributed by atoms with van der Waals surface area (Å²) in [5.41, 5.74) is 14.7. The fraction of sp³-hybridized carbons (Fsp3) is 0.250. The molecule has 2 N–H and O–H groups in total. The van der Waals surface area contributed by atoms with Crippen LogP contribution in [-0.2, 0) is 5.75 Å². The summed E-state index contributed by atoms with van der Waals surface area (Å²) in [7, 11) is 1.67. The second-order valence-corrected chi connectivity index (χ2v) is 9.67. The van der Waals surface area contributed by atoms with Crippen molar-refractivity contribution in [3.63, 3.8) is 0 Å². The van der Waals surface area contributed by atoms with Crippen molar-refractivity contribution in [2.75, 3.05) is 25.6 Å². The Hall–Kier alpha value is -2.47. The summed E-state index contributed by atoms with van der Waals surface area (Å²) in [6.07, 6.45) is 5.22. The lowest BCUT2D eigenvalue weighted by Gasteiger charge is -2.33. The van der Waals surface area contributed by atoms with Crippen molar-refractivity contribution in [1.29, 1.82) is 0 Å². The van der Waals surface area contributed by atoms with Gasteiger partial charge in [0.05, 0.1) is 18.6 Å². The van der Waals surface area contributed by atoms with Crippen molar-refractivity contribution in [2.24, 2.45) is 0 Å². The van der Waals surface area contributed by atoms with Crippen molar-refractivity contribution in [2.45, 2.75) is 25.1 Å². The molecule has 178 valence electrons. The third kappa shape index (κ3) is 7.02. The lowest BCUT2D eigenvalue weighted by Crippen LogP contribution is -2.30. The third-order valence-corrected chi connectivity index (χ3v) is 6.87. The van der Waals surface area contributed by atoms with Crippen molar-refractivity contribution in [3.8, 4) is 5.75 Å². The second-order valence-electron chi connectivity index (χ2n) is 8.15. The molecule has 34 heavy (non-hydrogen) atoms. The van der Waals surface area contributed by atoms with E-state index in [1.54, 1.807) is 12.6 Å². The fourth-order valence-electron chi connectivity index (χ4n) is 3.85. The third-order valence-electron chi connectivity index (χ3n) is 5.74. The molecule has 0 aliphatic carbocycles. The van der Waals surface area contributed by atoms with E-state index in [9.17, 15) is 0 Å². The van der Waals surface area contributed by atoms with Crippen molar-refractivity contribution in [1.82, 2.24) is 4.90 Å². The van der Waals surface area contributed by atoms with Crippen LogP contribution < -0.4 is 10.5 Å². The fourth-order valence-corrected chi connectivity index (χ4v) is 4.78. The molecule has 1 unspecified atom stereocenters. The van der Waals surface area contributed by atoms with Crippen molar-refractivity contribution >= 4 is 52.3 Å². The standard InChI is InChI=1S/C19H19ClN2OS.C9H12S/c1-23-16-5-2-13(3-6-16)19-10-14(8-9-22(19)12-24)17-11-15(20)4-7-18(17)21;1-8-3-5-9(6-4-8)7-10-2/h2-7,10-12,19H,8-9,21H2,1H3;3-6H,7H2,1-2H3. The first-order valence-corrected chi connectivity index (χ1v) is 13.3. The van der Waals surface area contributed by atoms with E-state index in [0.717, 1.165) is 41.3 Å². The molecular formula is C28H31ClN2OS2. The molecule has 3 aromatic carbocycles. The maximum absolute atomic E-state index is 6.15. The number of benzene rings is 3. The Kier molecular flexibility index (Phi) is 9.87. The lowest BCUT2D eigenvalue weighted by molar-refractivity contribution is 0.376. The van der Waals surface area contributed by atoms with E-state index in [0.29, 0.717) is 5.02 Å². The Morgan fingerprint density at radius 2 is 1.82 bits per heavy atom. The minimum atomic E-state index is 0.0792. The van der Waals surface area contributed by atoms with Gasteiger partial charge in [-0.2, -0.15) is 11.8 Å². The number of hydrogen-bond acceptors (Lipinski definition) is 4. The monoisotopic (exact) mass is 510 g/mol. The largest absolute Gasteiger partial charge is 0.497 e. The molecule has 6 heteroatoms. The van der Waals surface area contributed by atoms with E-state index in [-0.39, 0.29) is 6.04 Å². The summed E-state index contributed by atoms with van der Waals surface area (Å²) < 4.78 is 5.24. The van der Waals surface area contributed by atoms with Crippen LogP contribution in [0.1, 0.15) is 34.7 Å². The van der Waals surface area contributed by atoms with E-state index < -0.39 is 0 Å². The molecule has 1 aliphatic rings. The van der Waals surface area contributed by atoms with Gasteiger partial charge in [-0.3, -0.25) is 0 Å². The molecule has 0 saturated carbocycles. The highest BCUT2D eigenvalue weighted by Gasteiger charge is 2.23. The molecule has 1 atom stereocenters. The van der Waals surface area contributed by atoms with Crippen molar-refractivity contribution in [3.05, 3.63) is 100 Å². The number of hydrogen-bond donors (Lipinski definition) is 1. The molecular weight excluding hydrogens is 480 g/mol. The maximum Gasteiger partial charge on any atom is 0.118 e. The van der Waals surface area contributed by atoms with E-state index >= 15 is 0 Å². The summed E-state index contributed by atoms with van der Waals surface area (Å²) in [5, 5.41) is 0.693. The van der Waals surface area contributed by atoms with Gasteiger partial charge in [-0.05, 0) is 66.6 Å². The number of anilines is 1. The molecule has 3 nitrogen and oxygen atoms in total. The van der Waals surface area contributed by atoms with Crippen LogP contribution in [0.15, 0.2) is 72.8 Å². The Labute approximate surface area is 218 Å². The van der Waals surface area contributed by atoms with Crippen LogP contribution in [0, 0.1) is 6.92 Å². The number of nitrogens with zero attached hydrogens (tertiary/aromatic N) is 1. The molecule has 0 bridgehead atoms. The zero-order valence-corrected chi connectivity index (χ0v) is 22.2. The second kappa shape index (κ2) is 12.8. The molecule has 0 fully saturated rings. The Balaban J connectivity index is 0.000000271. The summed E-state index contributed by atoms with van der Waals surface area (Å²) >= 11 is 13.2. The molecule has 0 aromatic heterocycles. The predicted octanol–water partition coefficient (Wildman–Crippen LogP) is 7.58. The number of rotatable bonds is 6. The van der Waals surface area contributed by atoms with Crippen molar-refractivity contribution < 1.29 is 4.74 Å². The Morgan fingerprint density at radius 1 is 1.12 bits per heavy atom. The number of aryl methyl sites for hydroxylation is 1. The van der Waals surface area contributed by atoms with E-state index in [1.165, 1.54) is 16.7 Å². The van der Waals surface area contributed by atoms with Gasteiger partial charge in [0, 0.05) is 28.6 Å². The summed E-state index contributed by atoms with van der Waals surface area (Å²) in [6, 6.07) is 22.4. The summed E-state index contributed by atoms with van der Waals surface area (Å²) in [5.74, 6) is 1.96. The summed E-state index contributed by atoms with van der Waals surface area (Å²) in [6.45, 7) is 2.96. The first-order valence-electron chi connectivity index (χ1n) is 11.1. The number of methoxy groups -OCH3 is 1. The molecule has 4 rings (SSSR count). The topological polar surface area (TPSA) is 38.5 Å². The average Bonchev–Trinajstić information content (AvgIpc) is 2.87. The predicted molar refractivity (Wildman–Crippen MR) is 153 cm³/mol. The van der Waals surface area contributed by atoms with Gasteiger partial charge < -0.3 is 15.4 Å². The van der Waals surface area contributed by atoms with Crippen LogP contribution in [-0.4, -0.2) is 30.3 Å². The Bertz CT molecular complexity index is 1110. The molecule has 0 amide bonds. The van der Waals surface area contributed by atoms with Gasteiger partial charge in [0.1, 0.15) is 5.75 Å². The molecule has 1 heterocycles. The number of nitrogens with two attached hydrogens (primary N) is 1. The van der Waals surface area contributed by atoms with E-state index in [1.807, 2.05) is 42.1 Å². The highest BCUT2D eigenvalue weighted by Crippen LogP contribution is 2.36. The lowest BCUT2D eigenvalue weighted by atomic mass is 9.92. The number of thioether (sulfide) groups is 1. The van der Waals surface area contributed by atoms with Gasteiger partial charge in [0.15, 0.2) is 0 Å². The van der Waals surface area contributed by atoms with E-state index in [2.05, 4.69) is 60.6 Å². The van der Waals surface area contributed by atoms with E-state index in [4.69, 9.17) is 34.3 Å². The zero-order chi connectivity index (χ0) is 24.5. The van der Waals surface area contributed by atoms with Gasteiger partial charge in [-0.25, -0.2) is 0 Å². The first-order chi connectivity index (χ1) is 16.4. The molecule has 0 saturated heterocycles. The van der Waals surface area contributed by atoms with Gasteiger partial charge in [-0.1, -0.05) is 71.9 Å². The normalized spacial score (nSPS) is 15.1. The van der Waals surface area contributed by atoms with Crippen LogP contribution in [0.2, 0.25) is 5.02 Å². The van der Waals surface area contributed by atoms with Crippen LogP contribution in [0.5, 0.6) is 5.75 Å². The minimum Gasteiger partial charge on any atom is -0.497 e. The average molecular weight is 511 g/mol. The quantitative estimate of drug-likeness (QED) is 0.273. The van der Waals surface area contributed by atoms with Crippen LogP contribution in [0.3, 0.4) is 0 Å². The van der Waals surface area contributed by atoms with Crippen LogP contribution in [0.4, 0.5) is 5.69 Å². The zero-order valence-electron chi connectivity index (χ0n) is 19.8. The Morgan fingerprint density at radius 3 is 2.44 bits per heavy atom. The van der Waals surface area contributed by atoms with Gasteiger partial charge in [0.2, 0.25) is 0 Å². The maximum atomic E-state index is 6.15. The van der Waals surface area contributed by atoms with Gasteiger partial charge >= 0.3 is 0 Å². The van der Waals surface area contributed by atoms with Gasteiger partial charge in [-0.15, -0.1) is 0 Å². The SMILES string of the molecule is COc1ccc(C2C=C(c3cc(Cl)ccc3N)CCN2C=S)cc1.CSCc1ccc(C)cc1. The van der Waals surface area contributed by atoms with Gasteiger partial charge in [0.25, 0.3) is 0 Å². The summed E-state index contributed by atoms with van der Waals surface area (Å²) in [4.78, 5) is 2.15. The van der Waals surface area contributed by atoms with Crippen LogP contribution >= 0.6 is 35.6 Å². The molecule has 0 spiro atoms. The minimum absolute atomic E-state index is 0.0792. The number of nitrogen functional groups attached to an aromatic ring is 1. The smallest absolute Gasteiger partial charge is 0.118 e. The molecule has 3 aromatic rings. The highest BCUT2D eigenvalue weighted by atomic mass is 35.5. The number of thiocarbonyl (C=S) groups is 1. The molecule has 0 radical (unpaired) electrons. The number of halogens is 1. The molecule has 1 aliphatic heterocycles. The highest BCUT2D eigenvalue weighted by molar-refractivity contribution is 7.97. The van der Waals surface area contributed by atoms with Crippen LogP contribution in [0.25, 0.3) is 5.57 Å². The number of ether oxygens (including phenoxy) is 1.